The topological polar surface area (TPSA) is 44.8 Å². The molecule has 0 spiro atoms. The molecule has 0 saturated carbocycles. The molecule has 1 aromatic rings. The largest absolute Gasteiger partial charge is 0.497 e. The highest BCUT2D eigenvalue weighted by Gasteiger charge is 2.15. The summed E-state index contributed by atoms with van der Waals surface area (Å²) in [6, 6.07) is 6.80. The van der Waals surface area contributed by atoms with Crippen LogP contribution < -0.4 is 9.47 Å². The lowest BCUT2D eigenvalue weighted by atomic mass is 10.3. The molecule has 0 aliphatic rings. The number of rotatable bonds is 7. The Morgan fingerprint density at radius 3 is 2.50 bits per heavy atom. The Morgan fingerprint density at radius 1 is 1.33 bits per heavy atom. The lowest BCUT2D eigenvalue weighted by Crippen LogP contribution is -2.26. The van der Waals surface area contributed by atoms with Crippen LogP contribution in [-0.4, -0.2) is 25.8 Å². The summed E-state index contributed by atoms with van der Waals surface area (Å²) in [6.07, 6.45) is 1.86. The van der Waals surface area contributed by atoms with Crippen molar-refractivity contribution >= 4 is 5.97 Å². The maximum atomic E-state index is 11.7. The van der Waals surface area contributed by atoms with Gasteiger partial charge in [-0.15, -0.1) is 6.58 Å². The van der Waals surface area contributed by atoms with Crippen LogP contribution in [-0.2, 0) is 9.53 Å². The van der Waals surface area contributed by atoms with E-state index in [9.17, 15) is 4.79 Å². The predicted octanol–water partition coefficient (Wildman–Crippen LogP) is 2.58. The highest BCUT2D eigenvalue weighted by Crippen LogP contribution is 2.17. The van der Waals surface area contributed by atoms with Gasteiger partial charge in [0.15, 0.2) is 6.10 Å². The minimum absolute atomic E-state index is 0.413. The molecule has 0 aliphatic heterocycles. The van der Waals surface area contributed by atoms with Crippen LogP contribution in [0.25, 0.3) is 0 Å². The zero-order valence-electron chi connectivity index (χ0n) is 10.7. The van der Waals surface area contributed by atoms with Gasteiger partial charge >= 0.3 is 5.97 Å². The maximum Gasteiger partial charge on any atom is 0.340 e. The molecule has 0 saturated heterocycles. The van der Waals surface area contributed by atoms with Crippen molar-refractivity contribution in [2.45, 2.75) is 19.4 Å². The van der Waals surface area contributed by atoms with E-state index in [-0.39, 0.29) is 0 Å². The molecular formula is C14H18O4. The molecule has 0 radical (unpaired) electrons. The van der Waals surface area contributed by atoms with E-state index in [0.29, 0.717) is 24.5 Å². The molecule has 98 valence electrons. The van der Waals surface area contributed by atoms with Gasteiger partial charge in [0.1, 0.15) is 11.5 Å². The second-order valence-electron chi connectivity index (χ2n) is 3.69. The van der Waals surface area contributed by atoms with Crippen molar-refractivity contribution in [2.75, 3.05) is 13.7 Å². The number of hydrogen-bond donors (Lipinski definition) is 0. The molecule has 0 N–H and O–H groups in total. The van der Waals surface area contributed by atoms with Crippen molar-refractivity contribution in [3.05, 3.63) is 36.9 Å². The molecule has 0 heterocycles. The molecule has 1 atom stereocenters. The molecular weight excluding hydrogens is 232 g/mol. The number of ether oxygens (including phenoxy) is 3. The van der Waals surface area contributed by atoms with Gasteiger partial charge < -0.3 is 14.2 Å². The lowest BCUT2D eigenvalue weighted by Gasteiger charge is -2.12. The minimum Gasteiger partial charge on any atom is -0.497 e. The third-order valence-electron chi connectivity index (χ3n) is 2.30. The Balaban J connectivity index is 2.44. The van der Waals surface area contributed by atoms with Crippen molar-refractivity contribution in [3.63, 3.8) is 0 Å². The van der Waals surface area contributed by atoms with Crippen LogP contribution in [0.5, 0.6) is 11.5 Å². The number of carbonyl (C=O) groups is 1. The van der Waals surface area contributed by atoms with Gasteiger partial charge in [-0.1, -0.05) is 6.08 Å². The lowest BCUT2D eigenvalue weighted by molar-refractivity contribution is -0.146. The fourth-order valence-corrected chi connectivity index (χ4v) is 1.24. The van der Waals surface area contributed by atoms with Crippen LogP contribution in [0.4, 0.5) is 0 Å². The first-order valence-corrected chi connectivity index (χ1v) is 5.75. The van der Waals surface area contributed by atoms with Gasteiger partial charge in [-0.2, -0.15) is 0 Å². The predicted molar refractivity (Wildman–Crippen MR) is 68.9 cm³/mol. The average molecular weight is 250 g/mol. The van der Waals surface area contributed by atoms with E-state index in [0.717, 1.165) is 0 Å². The first kappa shape index (κ1) is 14.3. The normalized spacial score (nSPS) is 11.7. The molecule has 4 nitrogen and oxygen atoms in total. The summed E-state index contributed by atoms with van der Waals surface area (Å²) < 4.78 is 15.5. The van der Waals surface area contributed by atoms with Gasteiger partial charge in [0, 0.05) is 0 Å². The molecule has 4 heteroatoms. The first-order valence-electron chi connectivity index (χ1n) is 5.75. The number of hydrogen-bond acceptors (Lipinski definition) is 4. The smallest absolute Gasteiger partial charge is 0.340 e. The standard InChI is InChI=1S/C14H18O4/c1-4-5-10-17-11(2)14(15)18-13-8-6-12(16-3)7-9-13/h4,6-9,11H,1,5,10H2,2-3H3. The van der Waals surface area contributed by atoms with Crippen molar-refractivity contribution < 1.29 is 19.0 Å². The monoisotopic (exact) mass is 250 g/mol. The van der Waals surface area contributed by atoms with Crippen molar-refractivity contribution in [1.29, 1.82) is 0 Å². The van der Waals surface area contributed by atoms with Crippen molar-refractivity contribution in [1.82, 2.24) is 0 Å². The number of methoxy groups -OCH3 is 1. The number of benzene rings is 1. The third kappa shape index (κ3) is 4.59. The van der Waals surface area contributed by atoms with Gasteiger partial charge in [-0.25, -0.2) is 4.79 Å². The van der Waals surface area contributed by atoms with E-state index >= 15 is 0 Å². The Labute approximate surface area is 107 Å². The molecule has 0 bridgehead atoms. The van der Waals surface area contributed by atoms with Gasteiger partial charge in [0.05, 0.1) is 13.7 Å². The SMILES string of the molecule is C=CCCOC(C)C(=O)Oc1ccc(OC)cc1. The molecule has 0 fully saturated rings. The highest BCUT2D eigenvalue weighted by molar-refractivity contribution is 5.76. The molecule has 1 rings (SSSR count). The summed E-state index contributed by atoms with van der Waals surface area (Å²) in [5, 5.41) is 0. The first-order chi connectivity index (χ1) is 8.67. The summed E-state index contributed by atoms with van der Waals surface area (Å²) in [4.78, 5) is 11.7. The Morgan fingerprint density at radius 2 is 1.94 bits per heavy atom. The van der Waals surface area contributed by atoms with Crippen LogP contribution in [0.2, 0.25) is 0 Å². The second-order valence-corrected chi connectivity index (χ2v) is 3.69. The zero-order chi connectivity index (χ0) is 13.4. The van der Waals surface area contributed by atoms with Crippen LogP contribution in [0.3, 0.4) is 0 Å². The third-order valence-corrected chi connectivity index (χ3v) is 2.30. The van der Waals surface area contributed by atoms with Crippen LogP contribution in [0.15, 0.2) is 36.9 Å². The van der Waals surface area contributed by atoms with Crippen LogP contribution in [0, 0.1) is 0 Å². The van der Waals surface area contributed by atoms with Crippen LogP contribution >= 0.6 is 0 Å². The molecule has 1 aromatic carbocycles. The average Bonchev–Trinajstić information content (AvgIpc) is 2.39. The summed E-state index contributed by atoms with van der Waals surface area (Å²) in [5.74, 6) is 0.772. The second kappa shape index (κ2) is 7.50. The Hall–Kier alpha value is -1.81. The van der Waals surface area contributed by atoms with Gasteiger partial charge in [0.2, 0.25) is 0 Å². The number of esters is 1. The van der Waals surface area contributed by atoms with Crippen LogP contribution in [0.1, 0.15) is 13.3 Å². The summed E-state index contributed by atoms with van der Waals surface area (Å²) in [5.41, 5.74) is 0. The van der Waals surface area contributed by atoms with E-state index < -0.39 is 12.1 Å². The molecule has 1 unspecified atom stereocenters. The van der Waals surface area contributed by atoms with E-state index in [1.165, 1.54) is 0 Å². The minimum atomic E-state index is -0.591. The maximum absolute atomic E-state index is 11.7. The Bertz CT molecular complexity index is 383. The van der Waals surface area contributed by atoms with Gasteiger partial charge in [-0.3, -0.25) is 0 Å². The molecule has 0 amide bonds. The van der Waals surface area contributed by atoms with Gasteiger partial charge in [0.25, 0.3) is 0 Å². The molecule has 0 aliphatic carbocycles. The van der Waals surface area contributed by atoms with E-state index in [1.54, 1.807) is 44.4 Å². The molecule has 0 aromatic heterocycles. The summed E-state index contributed by atoms with van der Waals surface area (Å²) in [6.45, 7) is 5.70. The fraction of sp³-hybridized carbons (Fsp3) is 0.357. The van der Waals surface area contributed by atoms with E-state index in [4.69, 9.17) is 14.2 Å². The van der Waals surface area contributed by atoms with Crippen molar-refractivity contribution in [3.8, 4) is 11.5 Å². The summed E-state index contributed by atoms with van der Waals surface area (Å²) >= 11 is 0. The van der Waals surface area contributed by atoms with Gasteiger partial charge in [-0.05, 0) is 37.6 Å². The quantitative estimate of drug-likeness (QED) is 0.323. The zero-order valence-corrected chi connectivity index (χ0v) is 10.7. The fourth-order valence-electron chi connectivity index (χ4n) is 1.24. The van der Waals surface area contributed by atoms with Crippen molar-refractivity contribution in [2.24, 2.45) is 0 Å². The highest BCUT2D eigenvalue weighted by atomic mass is 16.6. The Kier molecular flexibility index (Phi) is 5.94. The summed E-state index contributed by atoms with van der Waals surface area (Å²) in [7, 11) is 1.58. The molecule has 18 heavy (non-hydrogen) atoms. The van der Waals surface area contributed by atoms with E-state index in [2.05, 4.69) is 6.58 Å². The number of carbonyl (C=O) groups excluding carboxylic acids is 1. The van der Waals surface area contributed by atoms with E-state index in [1.807, 2.05) is 0 Å².